The fourth-order valence-electron chi connectivity index (χ4n) is 2.27. The predicted molar refractivity (Wildman–Crippen MR) is 99.5 cm³/mol. The van der Waals surface area contributed by atoms with E-state index in [1.54, 1.807) is 10.6 Å². The number of para-hydroxylation sites is 1. The molecule has 0 radical (unpaired) electrons. The van der Waals surface area contributed by atoms with Crippen molar-refractivity contribution in [2.24, 2.45) is 5.92 Å². The molecule has 1 aromatic heterocycles. The van der Waals surface area contributed by atoms with E-state index in [0.29, 0.717) is 28.5 Å². The van der Waals surface area contributed by atoms with Gasteiger partial charge in [-0.2, -0.15) is 0 Å². The van der Waals surface area contributed by atoms with Gasteiger partial charge in [-0.3, -0.25) is 14.2 Å². The Kier molecular flexibility index (Phi) is 6.43. The number of aromatic nitrogens is 2. The molecule has 0 aliphatic rings. The summed E-state index contributed by atoms with van der Waals surface area (Å²) in [6.07, 6.45) is 0.837. The molecule has 0 aliphatic heterocycles. The quantitative estimate of drug-likeness (QED) is 0.617. The Bertz CT molecular complexity index is 770. The molecule has 0 saturated carbocycles. The third kappa shape index (κ3) is 4.38. The average Bonchev–Trinajstić information content (AvgIpc) is 2.56. The molecule has 1 atom stereocenters. The highest BCUT2D eigenvalue weighted by Gasteiger charge is 2.14. The van der Waals surface area contributed by atoms with Gasteiger partial charge in [0.2, 0.25) is 5.91 Å². The van der Waals surface area contributed by atoms with E-state index in [1.807, 2.05) is 32.0 Å². The molecule has 130 valence electrons. The highest BCUT2D eigenvalue weighted by atomic mass is 32.2. The maximum Gasteiger partial charge on any atom is 0.262 e. The van der Waals surface area contributed by atoms with Crippen molar-refractivity contribution < 1.29 is 4.79 Å². The topological polar surface area (TPSA) is 64.0 Å². The largest absolute Gasteiger partial charge is 0.353 e. The summed E-state index contributed by atoms with van der Waals surface area (Å²) in [5.41, 5.74) is 0.634. The molecule has 6 heteroatoms. The molecule has 1 heterocycles. The smallest absolute Gasteiger partial charge is 0.262 e. The summed E-state index contributed by atoms with van der Waals surface area (Å²) >= 11 is 1.32. The van der Waals surface area contributed by atoms with E-state index in [0.717, 1.165) is 6.42 Å². The standard InChI is InChI=1S/C18H25N3O2S/c1-5-10-21-17(23)14-8-6-7-9-15(14)20-18(21)24-11-16(22)19-13(4)12(2)3/h6-9,12-13H,5,10-11H2,1-4H3,(H,19,22)/t13-/m0/s1. The van der Waals surface area contributed by atoms with Crippen LogP contribution in [-0.4, -0.2) is 27.3 Å². The van der Waals surface area contributed by atoms with Gasteiger partial charge in [0.15, 0.2) is 5.16 Å². The Morgan fingerprint density at radius 2 is 2.00 bits per heavy atom. The molecule has 24 heavy (non-hydrogen) atoms. The maximum atomic E-state index is 12.7. The molecule has 0 unspecified atom stereocenters. The Morgan fingerprint density at radius 1 is 1.29 bits per heavy atom. The van der Waals surface area contributed by atoms with Crippen LogP contribution in [0.25, 0.3) is 10.9 Å². The summed E-state index contributed by atoms with van der Waals surface area (Å²) in [5, 5.41) is 4.20. The molecule has 0 spiro atoms. The summed E-state index contributed by atoms with van der Waals surface area (Å²) in [6.45, 7) is 8.76. The van der Waals surface area contributed by atoms with E-state index in [4.69, 9.17) is 0 Å². The van der Waals surface area contributed by atoms with Crippen molar-refractivity contribution in [3.05, 3.63) is 34.6 Å². The molecule has 2 aromatic rings. The van der Waals surface area contributed by atoms with Crippen molar-refractivity contribution >= 4 is 28.6 Å². The summed E-state index contributed by atoms with van der Waals surface area (Å²) < 4.78 is 1.67. The van der Waals surface area contributed by atoms with Crippen LogP contribution in [0.3, 0.4) is 0 Å². The number of carbonyl (C=O) groups excluding carboxylic acids is 1. The van der Waals surface area contributed by atoms with Crippen LogP contribution < -0.4 is 10.9 Å². The van der Waals surface area contributed by atoms with Crippen molar-refractivity contribution in [1.29, 1.82) is 0 Å². The van der Waals surface area contributed by atoms with Crippen LogP contribution in [0, 0.1) is 5.92 Å². The molecule has 1 amide bonds. The van der Waals surface area contributed by atoms with Gasteiger partial charge in [0.05, 0.1) is 16.7 Å². The first-order valence-electron chi connectivity index (χ1n) is 8.35. The first-order valence-corrected chi connectivity index (χ1v) is 9.34. The maximum absolute atomic E-state index is 12.7. The van der Waals surface area contributed by atoms with Gasteiger partial charge in [-0.15, -0.1) is 0 Å². The number of carbonyl (C=O) groups is 1. The second-order valence-corrected chi connectivity index (χ2v) is 7.20. The normalized spacial score (nSPS) is 12.5. The zero-order valence-corrected chi connectivity index (χ0v) is 15.5. The van der Waals surface area contributed by atoms with Gasteiger partial charge in [-0.1, -0.05) is 44.7 Å². The van der Waals surface area contributed by atoms with E-state index in [9.17, 15) is 9.59 Å². The molecule has 2 rings (SSSR count). The van der Waals surface area contributed by atoms with Gasteiger partial charge in [0, 0.05) is 12.6 Å². The lowest BCUT2D eigenvalue weighted by atomic mass is 10.1. The van der Waals surface area contributed by atoms with Gasteiger partial charge in [0.25, 0.3) is 5.56 Å². The molecule has 0 saturated heterocycles. The number of nitrogens with one attached hydrogen (secondary N) is 1. The highest BCUT2D eigenvalue weighted by Crippen LogP contribution is 2.18. The third-order valence-corrected chi connectivity index (χ3v) is 4.97. The summed E-state index contributed by atoms with van der Waals surface area (Å²) in [4.78, 5) is 29.3. The molecule has 0 fully saturated rings. The lowest BCUT2D eigenvalue weighted by Crippen LogP contribution is -2.37. The number of benzene rings is 1. The highest BCUT2D eigenvalue weighted by molar-refractivity contribution is 7.99. The Balaban J connectivity index is 2.23. The second kappa shape index (κ2) is 8.33. The van der Waals surface area contributed by atoms with Crippen LogP contribution in [0.2, 0.25) is 0 Å². The average molecular weight is 347 g/mol. The zero-order valence-electron chi connectivity index (χ0n) is 14.7. The number of hydrogen-bond donors (Lipinski definition) is 1. The Hall–Kier alpha value is -1.82. The van der Waals surface area contributed by atoms with Gasteiger partial charge in [-0.25, -0.2) is 4.98 Å². The zero-order chi connectivity index (χ0) is 17.7. The third-order valence-electron chi connectivity index (χ3n) is 3.99. The fraction of sp³-hybridized carbons (Fsp3) is 0.500. The number of rotatable bonds is 7. The Morgan fingerprint density at radius 3 is 2.67 bits per heavy atom. The first-order chi connectivity index (χ1) is 11.4. The van der Waals surface area contributed by atoms with Crippen molar-refractivity contribution in [3.8, 4) is 0 Å². The second-order valence-electron chi connectivity index (χ2n) is 6.26. The van der Waals surface area contributed by atoms with Crippen LogP contribution in [0.4, 0.5) is 0 Å². The molecule has 0 aliphatic carbocycles. The van der Waals surface area contributed by atoms with E-state index < -0.39 is 0 Å². The van der Waals surface area contributed by atoms with Gasteiger partial charge >= 0.3 is 0 Å². The molecule has 5 nitrogen and oxygen atoms in total. The molecule has 1 aromatic carbocycles. The van der Waals surface area contributed by atoms with Crippen LogP contribution in [0.1, 0.15) is 34.1 Å². The number of hydrogen-bond acceptors (Lipinski definition) is 4. The minimum atomic E-state index is -0.0408. The van der Waals surface area contributed by atoms with Crippen LogP contribution >= 0.6 is 11.8 Å². The molecule has 0 bridgehead atoms. The summed E-state index contributed by atoms with van der Waals surface area (Å²) in [6, 6.07) is 7.46. The number of amides is 1. The van der Waals surface area contributed by atoms with Crippen molar-refractivity contribution in [1.82, 2.24) is 14.9 Å². The fourth-order valence-corrected chi connectivity index (χ4v) is 3.11. The monoisotopic (exact) mass is 347 g/mol. The van der Waals surface area contributed by atoms with Crippen molar-refractivity contribution in [2.45, 2.75) is 51.9 Å². The lowest BCUT2D eigenvalue weighted by molar-refractivity contribution is -0.119. The van der Waals surface area contributed by atoms with Crippen LogP contribution in [-0.2, 0) is 11.3 Å². The minimum absolute atomic E-state index is 0.0355. The van der Waals surface area contributed by atoms with Gasteiger partial charge < -0.3 is 5.32 Å². The van der Waals surface area contributed by atoms with E-state index >= 15 is 0 Å². The number of fused-ring (bicyclic) bond motifs is 1. The van der Waals surface area contributed by atoms with E-state index in [-0.39, 0.29) is 23.3 Å². The number of nitrogens with zero attached hydrogens (tertiary/aromatic N) is 2. The van der Waals surface area contributed by atoms with Crippen LogP contribution in [0.15, 0.2) is 34.2 Å². The van der Waals surface area contributed by atoms with Gasteiger partial charge in [0.1, 0.15) is 0 Å². The first kappa shape index (κ1) is 18.5. The molecule has 1 N–H and O–H groups in total. The summed E-state index contributed by atoms with van der Waals surface area (Å²) in [7, 11) is 0. The van der Waals surface area contributed by atoms with Crippen molar-refractivity contribution in [2.75, 3.05) is 5.75 Å². The lowest BCUT2D eigenvalue weighted by Gasteiger charge is -2.17. The molecular formula is C18H25N3O2S. The van der Waals surface area contributed by atoms with Crippen molar-refractivity contribution in [3.63, 3.8) is 0 Å². The van der Waals surface area contributed by atoms with Gasteiger partial charge in [-0.05, 0) is 31.4 Å². The minimum Gasteiger partial charge on any atom is -0.353 e. The van der Waals surface area contributed by atoms with Crippen LogP contribution in [0.5, 0.6) is 0 Å². The predicted octanol–water partition coefficient (Wildman–Crippen LogP) is 3.06. The summed E-state index contributed by atoms with van der Waals surface area (Å²) in [5.74, 6) is 0.605. The number of thioether (sulfide) groups is 1. The SMILES string of the molecule is CCCn1c(SCC(=O)N[C@@H](C)C(C)C)nc2ccccc2c1=O. The molecular weight excluding hydrogens is 322 g/mol. The van der Waals surface area contributed by atoms with E-state index in [1.165, 1.54) is 11.8 Å². The van der Waals surface area contributed by atoms with E-state index in [2.05, 4.69) is 24.1 Å². The Labute approximate surface area is 146 Å².